The molecule has 0 bridgehead atoms. The third-order valence-electron chi connectivity index (χ3n) is 5.29. The molecule has 0 fully saturated rings. The highest BCUT2D eigenvalue weighted by Crippen LogP contribution is 2.46. The summed E-state index contributed by atoms with van der Waals surface area (Å²) < 4.78 is 11.9. The highest BCUT2D eigenvalue weighted by molar-refractivity contribution is 9.11. The molecule has 0 saturated heterocycles. The largest absolute Gasteiger partial charge is 0.504 e. The van der Waals surface area contributed by atoms with E-state index < -0.39 is 0 Å². The first-order chi connectivity index (χ1) is 21.3. The number of thiophene rings is 3. The van der Waals surface area contributed by atoms with Crippen molar-refractivity contribution >= 4 is 112 Å². The van der Waals surface area contributed by atoms with Gasteiger partial charge in [-0.1, -0.05) is 0 Å². The monoisotopic (exact) mass is 822 g/mol. The molecular formula is C29H40Br2N6O6S3. The van der Waals surface area contributed by atoms with Gasteiger partial charge in [0, 0.05) is 59.1 Å². The van der Waals surface area contributed by atoms with Crippen LogP contribution in [0, 0.1) is 0 Å². The minimum absolute atomic E-state index is 0.0583. The van der Waals surface area contributed by atoms with Crippen molar-refractivity contribution in [1.82, 2.24) is 14.7 Å². The Labute approximate surface area is 298 Å². The number of carbonyl (C=O) groups is 3. The van der Waals surface area contributed by atoms with E-state index in [1.54, 1.807) is 56.5 Å². The molecule has 17 heteroatoms. The highest BCUT2D eigenvalue weighted by Gasteiger charge is 2.24. The summed E-state index contributed by atoms with van der Waals surface area (Å²) in [6.45, 7) is 7.61. The number of nitrogens with two attached hydrogens (primary N) is 1. The summed E-state index contributed by atoms with van der Waals surface area (Å²) in [6, 6.07) is 0. The molecule has 0 spiro atoms. The number of nitrogen functional groups attached to an aromatic ring is 1. The average molecular weight is 825 g/mol. The quantitative estimate of drug-likeness (QED) is 0.236. The van der Waals surface area contributed by atoms with Crippen LogP contribution in [-0.4, -0.2) is 105 Å². The van der Waals surface area contributed by atoms with Crippen molar-refractivity contribution in [3.05, 3.63) is 27.6 Å². The second kappa shape index (κ2) is 18.4. The Hall–Kier alpha value is -2.99. The summed E-state index contributed by atoms with van der Waals surface area (Å²) in [5.74, 6) is 0.557. The second-order valence-corrected chi connectivity index (χ2v) is 15.8. The lowest BCUT2D eigenvalue weighted by Crippen LogP contribution is -2.21. The summed E-state index contributed by atoms with van der Waals surface area (Å²) >= 11 is 10.4. The molecule has 0 aromatic carbocycles. The lowest BCUT2D eigenvalue weighted by molar-refractivity contribution is 0.0822. The van der Waals surface area contributed by atoms with Gasteiger partial charge in [0.15, 0.2) is 17.2 Å². The van der Waals surface area contributed by atoms with Crippen molar-refractivity contribution in [3.63, 3.8) is 0 Å². The molecule has 0 unspecified atom stereocenters. The molecule has 3 amide bonds. The number of amides is 3. The summed E-state index contributed by atoms with van der Waals surface area (Å²) in [6.07, 6.45) is 0. The second-order valence-electron chi connectivity index (χ2n) is 10.3. The molecule has 254 valence electrons. The Morgan fingerprint density at radius 3 is 1.57 bits per heavy atom. The lowest BCUT2D eigenvalue weighted by Gasteiger charge is -2.10. The molecule has 3 rings (SSSR count). The fourth-order valence-electron chi connectivity index (χ4n) is 3.19. The highest BCUT2D eigenvalue weighted by atomic mass is 79.9. The Morgan fingerprint density at radius 2 is 1.17 bits per heavy atom. The van der Waals surface area contributed by atoms with Gasteiger partial charge in [0.25, 0.3) is 17.7 Å². The van der Waals surface area contributed by atoms with Crippen LogP contribution in [0.1, 0.15) is 56.7 Å². The topological polar surface area (TPSA) is 150 Å². The molecule has 12 nitrogen and oxygen atoms in total. The maximum atomic E-state index is 12.0. The predicted octanol–water partition coefficient (Wildman–Crippen LogP) is 7.40. The summed E-state index contributed by atoms with van der Waals surface area (Å²) in [7, 11) is 13.2. The number of anilines is 1. The molecule has 3 N–H and O–H groups in total. The molecule has 0 radical (unpaired) electrons. The summed E-state index contributed by atoms with van der Waals surface area (Å²) in [5, 5.41) is 11.3. The van der Waals surface area contributed by atoms with Crippen molar-refractivity contribution < 1.29 is 29.0 Å². The average Bonchev–Trinajstić information content (AvgIpc) is 3.60. The van der Waals surface area contributed by atoms with Crippen molar-refractivity contribution in [2.24, 2.45) is 9.98 Å². The van der Waals surface area contributed by atoms with Gasteiger partial charge in [-0.05, 0) is 59.6 Å². The smallest absolute Gasteiger partial charge is 0.267 e. The van der Waals surface area contributed by atoms with E-state index in [9.17, 15) is 19.5 Å². The molecule has 0 saturated carbocycles. The predicted molar refractivity (Wildman–Crippen MR) is 198 cm³/mol. The van der Waals surface area contributed by atoms with Gasteiger partial charge in [0.2, 0.25) is 0 Å². The van der Waals surface area contributed by atoms with Crippen molar-refractivity contribution in [2.75, 3.05) is 62.2 Å². The first-order valence-electron chi connectivity index (χ1n) is 13.3. The standard InChI is InChI=1S/C11H15BrN2O2S.C11H16N2O2S.C7H9BrN2O2S/c1-6(2)13-7-8(16-5)9(17-10(7)12)11(15)14(3)4;1-7(2)12-8-6-16-10(9(8)15-5)11(14)13(3)4;1-10(2)7(12)5-4(11)3(9)6(8)13-5/h1-5H3;6H,1-5H3;11H,9H2,1-2H3. The molecular weight excluding hydrogens is 784 g/mol. The van der Waals surface area contributed by atoms with Crippen LogP contribution >= 0.6 is 65.9 Å². The number of hydrogen-bond acceptors (Lipinski definition) is 12. The number of methoxy groups -OCH3 is 2. The van der Waals surface area contributed by atoms with E-state index in [-0.39, 0.29) is 34.0 Å². The number of rotatable bonds is 7. The van der Waals surface area contributed by atoms with Crippen LogP contribution < -0.4 is 15.2 Å². The number of carbonyl (C=O) groups excluding carboxylic acids is 3. The molecule has 46 heavy (non-hydrogen) atoms. The number of aromatic hydroxyl groups is 1. The van der Waals surface area contributed by atoms with Crippen LogP contribution in [0.4, 0.5) is 17.1 Å². The third-order valence-corrected chi connectivity index (χ3v) is 9.91. The molecule has 0 aliphatic carbocycles. The minimum atomic E-state index is -0.250. The molecule has 0 aliphatic rings. The molecule has 3 aromatic rings. The minimum Gasteiger partial charge on any atom is -0.504 e. The van der Waals surface area contributed by atoms with Crippen LogP contribution in [0.3, 0.4) is 0 Å². The van der Waals surface area contributed by atoms with Crippen molar-refractivity contribution in [2.45, 2.75) is 27.7 Å². The first kappa shape index (κ1) is 41.0. The normalized spacial score (nSPS) is 9.96. The Balaban J connectivity index is 0.000000348. The maximum Gasteiger partial charge on any atom is 0.267 e. The zero-order valence-corrected chi connectivity index (χ0v) is 33.5. The van der Waals surface area contributed by atoms with Gasteiger partial charge >= 0.3 is 0 Å². The number of nitrogens with zero attached hydrogens (tertiary/aromatic N) is 5. The summed E-state index contributed by atoms with van der Waals surface area (Å²) in [4.78, 5) is 49.8. The Kier molecular flexibility index (Phi) is 16.4. The van der Waals surface area contributed by atoms with Crippen molar-refractivity contribution in [1.29, 1.82) is 0 Å². The van der Waals surface area contributed by atoms with E-state index in [1.807, 2.05) is 33.1 Å². The van der Waals surface area contributed by atoms with Gasteiger partial charge < -0.3 is 35.0 Å². The zero-order chi connectivity index (χ0) is 35.6. The zero-order valence-electron chi connectivity index (χ0n) is 27.9. The van der Waals surface area contributed by atoms with Gasteiger partial charge in [0.1, 0.15) is 35.5 Å². The van der Waals surface area contributed by atoms with E-state index in [4.69, 9.17) is 15.2 Å². The SMILES string of the molecule is CN(C)C(=O)c1sc(Br)c(N)c1O.COc1c(C(=O)N(C)C)sc(Br)c1N=C(C)C.COc1c(N=C(C)C)csc1C(=O)N(C)C. The molecule has 3 heterocycles. The number of aliphatic imine (C=N–C) groups is 2. The Bertz CT molecular complexity index is 1600. The molecule has 0 atom stereocenters. The molecule has 3 aromatic heterocycles. The lowest BCUT2D eigenvalue weighted by atomic mass is 10.3. The van der Waals surface area contributed by atoms with Gasteiger partial charge in [0.05, 0.1) is 18.0 Å². The van der Waals surface area contributed by atoms with E-state index in [2.05, 4.69) is 41.8 Å². The van der Waals surface area contributed by atoms with E-state index in [0.717, 1.165) is 32.2 Å². The van der Waals surface area contributed by atoms with Gasteiger partial charge in [-0.25, -0.2) is 0 Å². The van der Waals surface area contributed by atoms with Crippen molar-refractivity contribution in [3.8, 4) is 17.2 Å². The van der Waals surface area contributed by atoms with E-state index in [1.165, 1.54) is 37.4 Å². The number of ether oxygens (including phenoxy) is 2. The number of hydrogen-bond donors (Lipinski definition) is 2. The number of halogens is 2. The van der Waals surface area contributed by atoms with Crippen LogP contribution in [-0.2, 0) is 0 Å². The van der Waals surface area contributed by atoms with Gasteiger partial charge in [-0.15, -0.1) is 34.0 Å². The van der Waals surface area contributed by atoms with Crippen LogP contribution in [0.25, 0.3) is 0 Å². The van der Waals surface area contributed by atoms with Gasteiger partial charge in [-0.3, -0.25) is 24.4 Å². The molecule has 0 aliphatic heterocycles. The Morgan fingerprint density at radius 1 is 0.739 bits per heavy atom. The summed E-state index contributed by atoms with van der Waals surface area (Å²) in [5.41, 5.74) is 8.94. The van der Waals surface area contributed by atoms with Crippen LogP contribution in [0.5, 0.6) is 17.2 Å². The fraction of sp³-hybridized carbons (Fsp3) is 0.414. The van der Waals surface area contributed by atoms with Gasteiger partial charge in [-0.2, -0.15) is 0 Å². The fourth-order valence-corrected chi connectivity index (χ4v) is 7.41. The van der Waals surface area contributed by atoms with Crippen LogP contribution in [0.2, 0.25) is 0 Å². The third kappa shape index (κ3) is 10.8. The first-order valence-corrected chi connectivity index (χ1v) is 17.4. The van der Waals surface area contributed by atoms with E-state index in [0.29, 0.717) is 30.7 Å². The van der Waals surface area contributed by atoms with E-state index >= 15 is 0 Å². The maximum absolute atomic E-state index is 12.0. The van der Waals surface area contributed by atoms with Crippen LogP contribution in [0.15, 0.2) is 22.9 Å².